The standard InChI is InChI=1S/C17H29N4O3.C17H31N4O.C11H15N3O2.C2H4O2/c1-21(2,3)14-17(22)13-18-9-4-10-19(12-11-18)15-5-7-16(8-6-15)20(23)24;1-21(2,3)14-17(22)13-19-9-4-10-20(12-11-19)16-7-5-15(18)6-8-16;15-14(16)11-4-2-10(3-5-11)13-8-1-6-12-7-9-13;1-2(3)4/h5-8,17,22H,4,9-14H2,1-3H3;5-8,17,22H,4,9-14,18H2,1-3H3;2-5,12H,1,6-9H2;1H3,(H,3,4)/q2*+1;;/p-1. The van der Waals surface area contributed by atoms with E-state index in [4.69, 9.17) is 15.6 Å². The molecule has 0 spiro atoms. The Morgan fingerprint density at radius 2 is 0.939 bits per heavy atom. The average Bonchev–Trinajstić information content (AvgIpc) is 3.74. The summed E-state index contributed by atoms with van der Waals surface area (Å²) in [5.74, 6) is -1.08. The van der Waals surface area contributed by atoms with Crippen molar-refractivity contribution in [3.63, 3.8) is 0 Å². The number of nitrogens with one attached hydrogen (secondary N) is 1. The van der Waals surface area contributed by atoms with E-state index < -0.39 is 5.97 Å². The Hall–Kier alpha value is -5.15. The summed E-state index contributed by atoms with van der Waals surface area (Å²) < 4.78 is 1.55. The third-order valence-electron chi connectivity index (χ3n) is 11.1. The number of aliphatic carboxylic acids is 1. The number of β-amino-alcohol motifs (C(OH)–C–C–N with tert-alkyl or cyclic N) is 2. The number of non-ortho nitro benzene ring substituents is 2. The van der Waals surface area contributed by atoms with Crippen LogP contribution in [0.25, 0.3) is 0 Å². The van der Waals surface area contributed by atoms with Gasteiger partial charge in [0.15, 0.2) is 0 Å². The summed E-state index contributed by atoms with van der Waals surface area (Å²) in [6.45, 7) is 15.7. The number of carboxylic acids is 1. The van der Waals surface area contributed by atoms with Gasteiger partial charge < -0.3 is 54.8 Å². The van der Waals surface area contributed by atoms with Crippen LogP contribution >= 0.6 is 0 Å². The number of hydrogen-bond acceptors (Lipinski definition) is 15. The number of nitro benzene ring substituents is 2. The molecule has 3 heterocycles. The van der Waals surface area contributed by atoms with Crippen LogP contribution in [-0.2, 0) is 4.79 Å². The summed E-state index contributed by atoms with van der Waals surface area (Å²) in [7, 11) is 12.6. The zero-order chi connectivity index (χ0) is 48.9. The number of hydrogen-bond donors (Lipinski definition) is 4. The number of carbonyl (C=O) groups excluding carboxylic acids is 1. The second-order valence-corrected chi connectivity index (χ2v) is 19.3. The molecule has 3 fully saturated rings. The van der Waals surface area contributed by atoms with E-state index in [1.165, 1.54) is 5.69 Å². The molecule has 66 heavy (non-hydrogen) atoms. The Bertz CT molecular complexity index is 1860. The third-order valence-corrected chi connectivity index (χ3v) is 11.1. The normalized spacial score (nSPS) is 17.4. The minimum absolute atomic E-state index is 0.124. The Labute approximate surface area is 392 Å². The fourth-order valence-electron chi connectivity index (χ4n) is 8.16. The van der Waals surface area contributed by atoms with E-state index in [9.17, 15) is 30.4 Å². The number of benzene rings is 3. The number of quaternary nitrogens is 2. The second kappa shape index (κ2) is 27.5. The highest BCUT2D eigenvalue weighted by Crippen LogP contribution is 2.22. The number of carboxylic acid groups (broad SMARTS) is 1. The van der Waals surface area contributed by atoms with Crippen LogP contribution in [-0.4, -0.2) is 204 Å². The van der Waals surface area contributed by atoms with Gasteiger partial charge in [0.1, 0.15) is 25.3 Å². The van der Waals surface area contributed by atoms with Gasteiger partial charge in [-0.1, -0.05) is 0 Å². The molecule has 0 radical (unpaired) electrons. The number of aliphatic hydroxyl groups is 2. The quantitative estimate of drug-likeness (QED) is 0.0836. The van der Waals surface area contributed by atoms with Crippen molar-refractivity contribution >= 4 is 40.1 Å². The molecule has 2 unspecified atom stereocenters. The molecule has 0 saturated carbocycles. The van der Waals surface area contributed by atoms with Crippen LogP contribution in [0.1, 0.15) is 26.2 Å². The SMILES string of the molecule is CC(=O)[O-].C[N+](C)(C)CC(O)CN1CCCN(c2ccc(N)cc2)CC1.C[N+](C)(C)CC(O)CN1CCCN(c2ccc([N+](=O)[O-])cc2)CC1.O=[N+]([O-])c1ccc(N2CCCNCC2)cc1. The van der Waals surface area contributed by atoms with Gasteiger partial charge in [-0.3, -0.25) is 30.0 Å². The molecule has 0 aromatic heterocycles. The van der Waals surface area contributed by atoms with Crippen LogP contribution in [0.3, 0.4) is 0 Å². The van der Waals surface area contributed by atoms with Crippen molar-refractivity contribution in [3.05, 3.63) is 93.0 Å². The van der Waals surface area contributed by atoms with Crippen molar-refractivity contribution in [2.24, 2.45) is 0 Å². The first-order chi connectivity index (χ1) is 31.1. The minimum atomic E-state index is -1.08. The molecular weight excluding hydrogens is 847 g/mol. The molecule has 3 saturated heterocycles. The van der Waals surface area contributed by atoms with Gasteiger partial charge in [-0.25, -0.2) is 0 Å². The van der Waals surface area contributed by atoms with Crippen LogP contribution in [0, 0.1) is 20.2 Å². The lowest BCUT2D eigenvalue weighted by molar-refractivity contribution is -0.873. The lowest BCUT2D eigenvalue weighted by Crippen LogP contribution is -2.46. The summed E-state index contributed by atoms with van der Waals surface area (Å²) in [6.07, 6.45) is 2.67. The number of anilines is 4. The predicted molar refractivity (Wildman–Crippen MR) is 262 cm³/mol. The van der Waals surface area contributed by atoms with E-state index in [1.807, 2.05) is 36.4 Å². The second-order valence-electron chi connectivity index (χ2n) is 19.3. The molecule has 368 valence electrons. The molecule has 19 heteroatoms. The lowest BCUT2D eigenvalue weighted by atomic mass is 10.2. The largest absolute Gasteiger partial charge is 0.550 e. The van der Waals surface area contributed by atoms with Gasteiger partial charge in [0.05, 0.1) is 52.1 Å². The molecule has 3 aliphatic rings. The smallest absolute Gasteiger partial charge is 0.269 e. The van der Waals surface area contributed by atoms with Gasteiger partial charge in [0.2, 0.25) is 0 Å². The van der Waals surface area contributed by atoms with Crippen molar-refractivity contribution in [2.45, 2.75) is 38.4 Å². The molecule has 0 bridgehead atoms. The fourth-order valence-corrected chi connectivity index (χ4v) is 8.16. The summed E-state index contributed by atoms with van der Waals surface area (Å²) in [4.78, 5) is 41.0. The molecule has 19 nitrogen and oxygen atoms in total. The van der Waals surface area contributed by atoms with Crippen molar-refractivity contribution in [2.75, 3.05) is 167 Å². The maximum Gasteiger partial charge on any atom is 0.269 e. The zero-order valence-electron chi connectivity index (χ0n) is 40.5. The summed E-state index contributed by atoms with van der Waals surface area (Å²) >= 11 is 0. The first kappa shape index (κ1) is 55.2. The maximum absolute atomic E-state index is 10.7. The van der Waals surface area contributed by atoms with Crippen LogP contribution in [0.5, 0.6) is 0 Å². The average molecular weight is 925 g/mol. The minimum Gasteiger partial charge on any atom is -0.550 e. The number of carbonyl (C=O) groups is 1. The highest BCUT2D eigenvalue weighted by Gasteiger charge is 2.23. The van der Waals surface area contributed by atoms with Gasteiger partial charge in [-0.2, -0.15) is 0 Å². The number of aliphatic hydroxyl groups excluding tert-OH is 2. The van der Waals surface area contributed by atoms with E-state index >= 15 is 0 Å². The Balaban J connectivity index is 0.000000256. The highest BCUT2D eigenvalue weighted by atomic mass is 16.6. The van der Waals surface area contributed by atoms with E-state index in [1.54, 1.807) is 24.3 Å². The maximum atomic E-state index is 10.7. The van der Waals surface area contributed by atoms with Gasteiger partial charge in [0, 0.05) is 125 Å². The number of nitrogen functional groups attached to an aromatic ring is 1. The predicted octanol–water partition coefficient (Wildman–Crippen LogP) is 2.17. The van der Waals surface area contributed by atoms with Crippen molar-refractivity contribution in [3.8, 4) is 0 Å². The van der Waals surface area contributed by atoms with E-state index in [-0.39, 0.29) is 33.4 Å². The third kappa shape index (κ3) is 22.4. The van der Waals surface area contributed by atoms with Crippen molar-refractivity contribution in [1.29, 1.82) is 0 Å². The van der Waals surface area contributed by atoms with Gasteiger partial charge in [-0.05, 0) is 94.4 Å². The molecule has 6 rings (SSSR count). The Morgan fingerprint density at radius 1 is 0.591 bits per heavy atom. The molecule has 2 atom stereocenters. The molecule has 3 aliphatic heterocycles. The van der Waals surface area contributed by atoms with E-state index in [0.717, 1.165) is 150 Å². The highest BCUT2D eigenvalue weighted by molar-refractivity contribution is 5.60. The molecule has 3 aromatic carbocycles. The van der Waals surface area contributed by atoms with Gasteiger partial charge >= 0.3 is 0 Å². The summed E-state index contributed by atoms with van der Waals surface area (Å²) in [6, 6.07) is 21.6. The van der Waals surface area contributed by atoms with Gasteiger partial charge in [0.25, 0.3) is 11.4 Å². The first-order valence-corrected chi connectivity index (χ1v) is 23.0. The lowest BCUT2D eigenvalue weighted by Gasteiger charge is -2.30. The number of nitrogens with two attached hydrogens (primary N) is 1. The molecule has 0 aliphatic carbocycles. The first-order valence-electron chi connectivity index (χ1n) is 23.0. The van der Waals surface area contributed by atoms with E-state index in [0.29, 0.717) is 6.54 Å². The number of rotatable bonds is 13. The topological polar surface area (TPSA) is 221 Å². The fraction of sp³-hybridized carbons (Fsp3) is 0.596. The number of nitro groups is 2. The zero-order valence-corrected chi connectivity index (χ0v) is 40.5. The summed E-state index contributed by atoms with van der Waals surface area (Å²) in [5, 5.41) is 54.0. The van der Waals surface area contributed by atoms with Gasteiger partial charge in [-0.15, -0.1) is 0 Å². The summed E-state index contributed by atoms with van der Waals surface area (Å²) in [5.41, 5.74) is 10.2. The van der Waals surface area contributed by atoms with E-state index in [2.05, 4.69) is 84.2 Å². The number of likely N-dealkylation sites (N-methyl/N-ethyl adjacent to an activating group) is 2. The molecular formula is C47H78N11O8+. The van der Waals surface area contributed by atoms with Crippen molar-refractivity contribution in [1.82, 2.24) is 15.1 Å². The van der Waals surface area contributed by atoms with Crippen molar-refractivity contribution < 1.29 is 38.9 Å². The molecule has 3 aromatic rings. The number of nitrogens with zero attached hydrogens (tertiary/aromatic N) is 9. The Kier molecular flexibility index (Phi) is 23.0. The molecule has 5 N–H and O–H groups in total. The van der Waals surface area contributed by atoms with Crippen LogP contribution < -0.4 is 30.9 Å². The van der Waals surface area contributed by atoms with Crippen LogP contribution in [0.2, 0.25) is 0 Å². The molecule has 0 amide bonds. The Morgan fingerprint density at radius 3 is 1.30 bits per heavy atom. The van der Waals surface area contributed by atoms with Crippen LogP contribution in [0.4, 0.5) is 34.1 Å². The monoisotopic (exact) mass is 925 g/mol. The van der Waals surface area contributed by atoms with Crippen LogP contribution in [0.15, 0.2) is 72.8 Å².